The maximum atomic E-state index is 12.1. The number of urea groups is 1. The van der Waals surface area contributed by atoms with Crippen LogP contribution < -0.4 is 10.2 Å². The molecule has 0 aliphatic heterocycles. The third-order valence-corrected chi connectivity index (χ3v) is 3.18. The number of amides is 2. The fourth-order valence-corrected chi connectivity index (χ4v) is 1.93. The summed E-state index contributed by atoms with van der Waals surface area (Å²) in [4.78, 5) is 24.1. The van der Waals surface area contributed by atoms with Gasteiger partial charge in [-0.05, 0) is 29.8 Å². The fourth-order valence-electron chi connectivity index (χ4n) is 1.93. The summed E-state index contributed by atoms with van der Waals surface area (Å²) >= 11 is 0. The monoisotopic (exact) mass is 299 g/mol. The van der Waals surface area contributed by atoms with E-state index in [1.165, 1.54) is 0 Å². The van der Waals surface area contributed by atoms with E-state index in [2.05, 4.69) is 15.3 Å². The van der Waals surface area contributed by atoms with Gasteiger partial charge >= 0.3 is 6.03 Å². The average molecular weight is 299 g/mol. The van der Waals surface area contributed by atoms with E-state index in [0.717, 1.165) is 17.1 Å². The molecule has 0 radical (unpaired) electrons. The van der Waals surface area contributed by atoms with Gasteiger partial charge in [0.1, 0.15) is 5.82 Å². The first kappa shape index (κ1) is 15.8. The Morgan fingerprint density at radius 1 is 1.14 bits per heavy atom. The normalized spacial score (nSPS) is 10.1. The number of carbonyl (C=O) groups excluding carboxylic acids is 1. The summed E-state index contributed by atoms with van der Waals surface area (Å²) in [6.45, 7) is 0.945. The van der Waals surface area contributed by atoms with Crippen molar-refractivity contribution in [1.82, 2.24) is 20.2 Å². The Morgan fingerprint density at radius 2 is 1.95 bits per heavy atom. The lowest BCUT2D eigenvalue weighted by Gasteiger charge is -2.18. The van der Waals surface area contributed by atoms with Crippen LogP contribution in [0.5, 0.6) is 0 Å². The van der Waals surface area contributed by atoms with E-state index in [0.29, 0.717) is 13.1 Å². The molecule has 2 heterocycles. The summed E-state index contributed by atoms with van der Waals surface area (Å²) in [5, 5.41) is 2.90. The number of nitrogens with zero attached hydrogens (tertiary/aromatic N) is 4. The molecule has 0 fully saturated rings. The molecular formula is C16H21N5O. The first-order valence-electron chi connectivity index (χ1n) is 7.07. The molecule has 0 spiro atoms. The van der Waals surface area contributed by atoms with Crippen LogP contribution >= 0.6 is 0 Å². The maximum absolute atomic E-state index is 12.1. The highest BCUT2D eigenvalue weighted by atomic mass is 16.2. The molecule has 0 atom stereocenters. The van der Waals surface area contributed by atoms with Gasteiger partial charge in [-0.3, -0.25) is 4.98 Å². The number of nitrogens with one attached hydrogen (secondary N) is 1. The van der Waals surface area contributed by atoms with Crippen LogP contribution in [-0.2, 0) is 13.1 Å². The number of rotatable bonds is 5. The van der Waals surface area contributed by atoms with E-state index in [1.54, 1.807) is 24.3 Å². The molecule has 2 aromatic rings. The quantitative estimate of drug-likeness (QED) is 0.916. The molecule has 6 nitrogen and oxygen atoms in total. The molecule has 2 amide bonds. The van der Waals surface area contributed by atoms with Crippen LogP contribution in [0.2, 0.25) is 0 Å². The second-order valence-electron chi connectivity index (χ2n) is 5.25. The van der Waals surface area contributed by atoms with Crippen molar-refractivity contribution in [2.45, 2.75) is 13.1 Å². The lowest BCUT2D eigenvalue weighted by Crippen LogP contribution is -2.36. The van der Waals surface area contributed by atoms with Crippen LogP contribution in [0.1, 0.15) is 11.3 Å². The Morgan fingerprint density at radius 3 is 2.64 bits per heavy atom. The first-order chi connectivity index (χ1) is 10.6. The van der Waals surface area contributed by atoms with Gasteiger partial charge in [-0.15, -0.1) is 0 Å². The van der Waals surface area contributed by atoms with E-state index in [1.807, 2.05) is 49.3 Å². The van der Waals surface area contributed by atoms with E-state index < -0.39 is 0 Å². The zero-order chi connectivity index (χ0) is 15.9. The van der Waals surface area contributed by atoms with Crippen molar-refractivity contribution in [2.75, 3.05) is 26.0 Å². The molecule has 0 unspecified atom stereocenters. The first-order valence-corrected chi connectivity index (χ1v) is 7.07. The molecule has 22 heavy (non-hydrogen) atoms. The average Bonchev–Trinajstić information content (AvgIpc) is 2.53. The Kier molecular flexibility index (Phi) is 5.30. The number of aromatic nitrogens is 2. The second-order valence-corrected chi connectivity index (χ2v) is 5.25. The van der Waals surface area contributed by atoms with Crippen molar-refractivity contribution in [2.24, 2.45) is 0 Å². The molecule has 116 valence electrons. The van der Waals surface area contributed by atoms with Crippen molar-refractivity contribution in [3.05, 3.63) is 54.0 Å². The Labute approximate surface area is 130 Å². The van der Waals surface area contributed by atoms with Gasteiger partial charge in [0.25, 0.3) is 0 Å². The predicted molar refractivity (Wildman–Crippen MR) is 86.5 cm³/mol. The lowest BCUT2D eigenvalue weighted by atomic mass is 10.2. The largest absolute Gasteiger partial charge is 0.363 e. The van der Waals surface area contributed by atoms with E-state index in [-0.39, 0.29) is 6.03 Å². The summed E-state index contributed by atoms with van der Waals surface area (Å²) in [6.07, 6.45) is 3.47. The summed E-state index contributed by atoms with van der Waals surface area (Å²) in [6, 6.07) is 9.39. The minimum Gasteiger partial charge on any atom is -0.363 e. The smallest absolute Gasteiger partial charge is 0.317 e. The second kappa shape index (κ2) is 7.40. The standard InChI is InChI=1S/C16H21N5O/c1-20(2)15-10-13(7-9-18-15)11-19-16(22)21(3)12-14-6-4-5-8-17-14/h4-10H,11-12H2,1-3H3,(H,19,22). The van der Waals surface area contributed by atoms with Crippen LogP contribution in [0.15, 0.2) is 42.7 Å². The SMILES string of the molecule is CN(Cc1ccccn1)C(=O)NCc1ccnc(N(C)C)c1. The van der Waals surface area contributed by atoms with Crippen LogP contribution in [-0.4, -0.2) is 42.0 Å². The van der Waals surface area contributed by atoms with Crippen LogP contribution in [0.3, 0.4) is 0 Å². The predicted octanol–water partition coefficient (Wildman–Crippen LogP) is 1.88. The minimum atomic E-state index is -0.131. The molecule has 0 aliphatic carbocycles. The zero-order valence-corrected chi connectivity index (χ0v) is 13.2. The summed E-state index contributed by atoms with van der Waals surface area (Å²) < 4.78 is 0. The van der Waals surface area contributed by atoms with Crippen molar-refractivity contribution in [3.63, 3.8) is 0 Å². The van der Waals surface area contributed by atoms with Crippen LogP contribution in [0.25, 0.3) is 0 Å². The molecule has 1 N–H and O–H groups in total. The molecule has 0 saturated carbocycles. The van der Waals surface area contributed by atoms with Gasteiger partial charge in [0.2, 0.25) is 0 Å². The molecule has 0 aromatic carbocycles. The molecule has 0 bridgehead atoms. The third-order valence-electron chi connectivity index (χ3n) is 3.18. The van der Waals surface area contributed by atoms with Gasteiger partial charge in [-0.25, -0.2) is 9.78 Å². The number of carbonyl (C=O) groups is 1. The van der Waals surface area contributed by atoms with E-state index in [4.69, 9.17) is 0 Å². The van der Waals surface area contributed by atoms with E-state index >= 15 is 0 Å². The number of pyridine rings is 2. The van der Waals surface area contributed by atoms with Crippen molar-refractivity contribution < 1.29 is 4.79 Å². The lowest BCUT2D eigenvalue weighted by molar-refractivity contribution is 0.206. The topological polar surface area (TPSA) is 61.4 Å². The summed E-state index contributed by atoms with van der Waals surface area (Å²) in [7, 11) is 5.62. The van der Waals surface area contributed by atoms with Gasteiger partial charge in [-0.2, -0.15) is 0 Å². The highest BCUT2D eigenvalue weighted by Crippen LogP contribution is 2.09. The van der Waals surface area contributed by atoms with Gasteiger partial charge in [-0.1, -0.05) is 6.07 Å². The van der Waals surface area contributed by atoms with Gasteiger partial charge < -0.3 is 15.1 Å². The Hall–Kier alpha value is -2.63. The number of hydrogen-bond acceptors (Lipinski definition) is 4. The van der Waals surface area contributed by atoms with Crippen LogP contribution in [0.4, 0.5) is 10.6 Å². The highest BCUT2D eigenvalue weighted by Gasteiger charge is 2.09. The summed E-state index contributed by atoms with van der Waals surface area (Å²) in [5.74, 6) is 0.869. The van der Waals surface area contributed by atoms with Crippen molar-refractivity contribution in [3.8, 4) is 0 Å². The fraction of sp³-hybridized carbons (Fsp3) is 0.312. The highest BCUT2D eigenvalue weighted by molar-refractivity contribution is 5.73. The van der Waals surface area contributed by atoms with Crippen LogP contribution in [0, 0.1) is 0 Å². The van der Waals surface area contributed by atoms with Crippen molar-refractivity contribution >= 4 is 11.8 Å². The molecule has 6 heteroatoms. The molecular weight excluding hydrogens is 278 g/mol. The van der Waals surface area contributed by atoms with Gasteiger partial charge in [0.15, 0.2) is 0 Å². The maximum Gasteiger partial charge on any atom is 0.317 e. The number of hydrogen-bond donors (Lipinski definition) is 1. The van der Waals surface area contributed by atoms with Crippen molar-refractivity contribution in [1.29, 1.82) is 0 Å². The zero-order valence-electron chi connectivity index (χ0n) is 13.2. The molecule has 0 aliphatic rings. The third kappa shape index (κ3) is 4.44. The molecule has 2 rings (SSSR count). The Balaban J connectivity index is 1.88. The molecule has 2 aromatic heterocycles. The van der Waals surface area contributed by atoms with Gasteiger partial charge in [0, 0.05) is 40.1 Å². The summed E-state index contributed by atoms with van der Waals surface area (Å²) in [5.41, 5.74) is 1.87. The number of anilines is 1. The van der Waals surface area contributed by atoms with Gasteiger partial charge in [0.05, 0.1) is 12.2 Å². The van der Waals surface area contributed by atoms with E-state index in [9.17, 15) is 4.79 Å². The molecule has 0 saturated heterocycles. The minimum absolute atomic E-state index is 0.131. The Bertz CT molecular complexity index is 615.